The van der Waals surface area contributed by atoms with Crippen molar-refractivity contribution in [2.45, 2.75) is 406 Å². The molecule has 0 rings (SSSR count). The van der Waals surface area contributed by atoms with E-state index in [2.05, 4.69) is 27.7 Å². The molecule has 0 heterocycles. The molecule has 0 radical (unpaired) electrons. The van der Waals surface area contributed by atoms with Crippen molar-refractivity contribution < 1.29 is 80.2 Å². The van der Waals surface area contributed by atoms with Crippen LogP contribution in [0.1, 0.15) is 387 Å². The Morgan fingerprint density at radius 2 is 0.435 bits per heavy atom. The van der Waals surface area contributed by atoms with Crippen LogP contribution in [0.5, 0.6) is 0 Å². The summed E-state index contributed by atoms with van der Waals surface area (Å²) in [5.41, 5.74) is 0. The van der Waals surface area contributed by atoms with Crippen LogP contribution in [0.4, 0.5) is 0 Å². The highest BCUT2D eigenvalue weighted by molar-refractivity contribution is 7.47. The van der Waals surface area contributed by atoms with Gasteiger partial charge in [0.2, 0.25) is 0 Å². The van der Waals surface area contributed by atoms with Crippen LogP contribution in [-0.2, 0) is 65.4 Å². The summed E-state index contributed by atoms with van der Waals surface area (Å²) in [6.45, 7) is 4.89. The highest BCUT2D eigenvalue weighted by Crippen LogP contribution is 2.45. The van der Waals surface area contributed by atoms with Crippen molar-refractivity contribution in [3.05, 3.63) is 0 Å². The van der Waals surface area contributed by atoms with Gasteiger partial charge in [-0.05, 0) is 25.7 Å². The summed E-state index contributed by atoms with van der Waals surface area (Å²) >= 11 is 0. The SMILES string of the molecule is CCCCCCCCCCCCCCCCCCCCC(=O)O[C@H](COC(=O)CCCCCCCCCCCCCCCCC)COP(=O)(O)OC[C@@H](O)COP(=O)(O)OC[C@@H](COC(=O)CCCCCCC)OC(=O)CCCCCCCCCCCCCCCC. The second-order valence-electron chi connectivity index (χ2n) is 26.3. The molecule has 0 aromatic carbocycles. The molecular formula is C73H142O17P2. The lowest BCUT2D eigenvalue weighted by Gasteiger charge is -2.21. The molecule has 546 valence electrons. The highest BCUT2D eigenvalue weighted by atomic mass is 31.2. The van der Waals surface area contributed by atoms with Gasteiger partial charge >= 0.3 is 39.5 Å². The average molecular weight is 1350 g/mol. The zero-order valence-corrected chi connectivity index (χ0v) is 61.3. The van der Waals surface area contributed by atoms with Crippen LogP contribution in [-0.4, -0.2) is 96.7 Å². The fraction of sp³-hybridized carbons (Fsp3) is 0.945. The first-order chi connectivity index (χ1) is 44.7. The lowest BCUT2D eigenvalue weighted by Crippen LogP contribution is -2.30. The van der Waals surface area contributed by atoms with Gasteiger partial charge in [0.05, 0.1) is 26.4 Å². The predicted octanol–water partition coefficient (Wildman–Crippen LogP) is 21.4. The quantitative estimate of drug-likeness (QED) is 0.0222. The number of phosphoric ester groups is 2. The minimum atomic E-state index is -4.95. The molecule has 0 aliphatic carbocycles. The predicted molar refractivity (Wildman–Crippen MR) is 372 cm³/mol. The number of hydrogen-bond acceptors (Lipinski definition) is 15. The summed E-state index contributed by atoms with van der Waals surface area (Å²) < 4.78 is 68.2. The summed E-state index contributed by atoms with van der Waals surface area (Å²) in [4.78, 5) is 72.4. The fourth-order valence-electron chi connectivity index (χ4n) is 11.2. The smallest absolute Gasteiger partial charge is 0.462 e. The molecule has 5 atom stereocenters. The van der Waals surface area contributed by atoms with Gasteiger partial charge in [0.15, 0.2) is 12.2 Å². The molecule has 0 aromatic heterocycles. The van der Waals surface area contributed by atoms with Crippen LogP contribution in [0.15, 0.2) is 0 Å². The van der Waals surface area contributed by atoms with Crippen LogP contribution in [0.2, 0.25) is 0 Å². The van der Waals surface area contributed by atoms with E-state index >= 15 is 0 Å². The standard InChI is InChI=1S/C73H142O17P2/c1-5-9-13-17-20-23-26-29-32-33-34-36-39-42-45-48-52-56-60-73(78)90-69(64-84-71(76)58-54-50-46-43-40-38-35-30-27-24-21-18-14-10-6-2)66-88-92(81,82)86-62-67(74)61-85-91(79,80)87-65-68(63-83-70(75)57-53-49-16-12-8-4)89-72(77)59-55-51-47-44-41-37-31-28-25-22-19-15-11-7-3/h67-69,74H,5-66H2,1-4H3,(H,79,80)(H,81,82)/t67-,68+,69+/m0/s1. The Kier molecular flexibility index (Phi) is 66.2. The third kappa shape index (κ3) is 66.7. The number of aliphatic hydroxyl groups is 1. The summed E-state index contributed by atoms with van der Waals surface area (Å²) in [6, 6.07) is 0. The van der Waals surface area contributed by atoms with E-state index in [4.69, 9.17) is 37.0 Å². The largest absolute Gasteiger partial charge is 0.472 e. The molecule has 0 aliphatic heterocycles. The third-order valence-electron chi connectivity index (χ3n) is 17.1. The van der Waals surface area contributed by atoms with E-state index in [1.165, 1.54) is 212 Å². The number of unbranched alkanes of at least 4 members (excludes halogenated alkanes) is 48. The molecule has 0 fully saturated rings. The maximum Gasteiger partial charge on any atom is 0.472 e. The minimum absolute atomic E-state index is 0.107. The van der Waals surface area contributed by atoms with Gasteiger partial charge in [0, 0.05) is 25.7 Å². The molecule has 92 heavy (non-hydrogen) atoms. The first-order valence-corrected chi connectivity index (χ1v) is 41.3. The molecule has 0 saturated carbocycles. The Balaban J connectivity index is 5.14. The fourth-order valence-corrected chi connectivity index (χ4v) is 12.8. The molecule has 0 amide bonds. The molecular weight excluding hydrogens is 1210 g/mol. The van der Waals surface area contributed by atoms with E-state index in [0.29, 0.717) is 25.7 Å². The van der Waals surface area contributed by atoms with Crippen molar-refractivity contribution in [2.75, 3.05) is 39.6 Å². The van der Waals surface area contributed by atoms with Crippen molar-refractivity contribution in [3.63, 3.8) is 0 Å². The van der Waals surface area contributed by atoms with Crippen molar-refractivity contribution in [2.24, 2.45) is 0 Å². The maximum atomic E-state index is 13.0. The molecule has 0 saturated heterocycles. The molecule has 2 unspecified atom stereocenters. The van der Waals surface area contributed by atoms with E-state index in [1.807, 2.05) is 0 Å². The Morgan fingerprint density at radius 1 is 0.261 bits per heavy atom. The second kappa shape index (κ2) is 67.6. The van der Waals surface area contributed by atoms with Crippen LogP contribution in [0, 0.1) is 0 Å². The number of hydrogen-bond donors (Lipinski definition) is 3. The van der Waals surface area contributed by atoms with Gasteiger partial charge in [-0.25, -0.2) is 9.13 Å². The number of esters is 4. The number of ether oxygens (including phenoxy) is 4. The van der Waals surface area contributed by atoms with E-state index in [-0.39, 0.29) is 25.7 Å². The molecule has 0 aromatic rings. The Morgan fingerprint density at radius 3 is 0.641 bits per heavy atom. The summed E-state index contributed by atoms with van der Waals surface area (Å²) in [6.07, 6.45) is 57.2. The zero-order chi connectivity index (χ0) is 67.5. The van der Waals surface area contributed by atoms with E-state index < -0.39 is 97.5 Å². The molecule has 0 spiro atoms. The van der Waals surface area contributed by atoms with Crippen molar-refractivity contribution in [1.82, 2.24) is 0 Å². The highest BCUT2D eigenvalue weighted by Gasteiger charge is 2.30. The Hall–Kier alpha value is -1.94. The number of rotatable bonds is 74. The van der Waals surface area contributed by atoms with Gasteiger partial charge in [0.25, 0.3) is 0 Å². The van der Waals surface area contributed by atoms with Gasteiger partial charge in [-0.3, -0.25) is 37.3 Å². The van der Waals surface area contributed by atoms with Crippen molar-refractivity contribution in [3.8, 4) is 0 Å². The molecule has 17 nitrogen and oxygen atoms in total. The molecule has 0 aliphatic rings. The topological polar surface area (TPSA) is 237 Å². The summed E-state index contributed by atoms with van der Waals surface area (Å²) in [5, 5.41) is 10.6. The van der Waals surface area contributed by atoms with Crippen LogP contribution in [0.25, 0.3) is 0 Å². The molecule has 19 heteroatoms. The second-order valence-corrected chi connectivity index (χ2v) is 29.2. The summed E-state index contributed by atoms with van der Waals surface area (Å²) in [5.74, 6) is -2.13. The number of aliphatic hydroxyl groups excluding tert-OH is 1. The first kappa shape index (κ1) is 90.1. The van der Waals surface area contributed by atoms with Gasteiger partial charge < -0.3 is 33.8 Å². The van der Waals surface area contributed by atoms with Crippen LogP contribution < -0.4 is 0 Å². The van der Waals surface area contributed by atoms with E-state index in [9.17, 15) is 43.2 Å². The number of carbonyl (C=O) groups excluding carboxylic acids is 4. The third-order valence-corrected chi connectivity index (χ3v) is 19.0. The van der Waals surface area contributed by atoms with Crippen LogP contribution in [0.3, 0.4) is 0 Å². The zero-order valence-electron chi connectivity index (χ0n) is 59.5. The minimum Gasteiger partial charge on any atom is -0.462 e. The first-order valence-electron chi connectivity index (χ1n) is 38.3. The Bertz CT molecular complexity index is 1760. The molecule has 3 N–H and O–H groups in total. The van der Waals surface area contributed by atoms with Gasteiger partial charge in [0.1, 0.15) is 19.3 Å². The maximum absolute atomic E-state index is 13.0. The lowest BCUT2D eigenvalue weighted by atomic mass is 10.0. The Labute approximate surface area is 562 Å². The van der Waals surface area contributed by atoms with Crippen LogP contribution >= 0.6 is 15.6 Å². The van der Waals surface area contributed by atoms with E-state index in [1.54, 1.807) is 0 Å². The van der Waals surface area contributed by atoms with Crippen molar-refractivity contribution in [1.29, 1.82) is 0 Å². The number of carbonyl (C=O) groups is 4. The number of phosphoric acid groups is 2. The van der Waals surface area contributed by atoms with Gasteiger partial charge in [-0.2, -0.15) is 0 Å². The van der Waals surface area contributed by atoms with Crippen molar-refractivity contribution >= 4 is 39.5 Å². The van der Waals surface area contributed by atoms with E-state index in [0.717, 1.165) is 96.3 Å². The van der Waals surface area contributed by atoms with Gasteiger partial charge in [-0.1, -0.05) is 336 Å². The lowest BCUT2D eigenvalue weighted by molar-refractivity contribution is -0.161. The van der Waals surface area contributed by atoms with Gasteiger partial charge in [-0.15, -0.1) is 0 Å². The molecule has 0 bridgehead atoms. The average Bonchev–Trinajstić information content (AvgIpc) is 2.68. The summed E-state index contributed by atoms with van der Waals surface area (Å²) in [7, 11) is -9.89. The monoisotopic (exact) mass is 1350 g/mol. The normalized spacial score (nSPS) is 13.9.